The van der Waals surface area contributed by atoms with Gasteiger partial charge in [-0.1, -0.05) is 12.1 Å². The fourth-order valence-electron chi connectivity index (χ4n) is 3.06. The standard InChI is InChI=1S/C19H17N3O4/c23-15-11-17(26-16-4-2-1-3-14(15)16)19(24)22-9-5-13(6-10-22)25-18-12-20-7-8-21-18/h1-4,7-8,11-13H,5-6,9-10H2. The lowest BCUT2D eigenvalue weighted by Crippen LogP contribution is -2.42. The van der Waals surface area contributed by atoms with Gasteiger partial charge in [0.25, 0.3) is 5.91 Å². The highest BCUT2D eigenvalue weighted by molar-refractivity contribution is 5.93. The highest BCUT2D eigenvalue weighted by Gasteiger charge is 2.26. The summed E-state index contributed by atoms with van der Waals surface area (Å²) >= 11 is 0. The third-order valence-corrected chi connectivity index (χ3v) is 4.40. The molecule has 1 aromatic carbocycles. The van der Waals surface area contributed by atoms with Gasteiger partial charge in [0.1, 0.15) is 11.7 Å². The van der Waals surface area contributed by atoms with E-state index in [0.29, 0.717) is 42.8 Å². The molecule has 132 valence electrons. The van der Waals surface area contributed by atoms with Gasteiger partial charge in [-0.2, -0.15) is 0 Å². The number of ether oxygens (including phenoxy) is 1. The number of piperidine rings is 1. The van der Waals surface area contributed by atoms with Crippen molar-refractivity contribution in [3.05, 3.63) is 64.9 Å². The zero-order valence-electron chi connectivity index (χ0n) is 14.0. The number of likely N-dealkylation sites (tertiary alicyclic amines) is 1. The number of carbonyl (C=O) groups is 1. The van der Waals surface area contributed by atoms with E-state index < -0.39 is 0 Å². The van der Waals surface area contributed by atoms with Gasteiger partial charge in [0.2, 0.25) is 5.88 Å². The Morgan fingerprint density at radius 1 is 1.19 bits per heavy atom. The molecule has 7 heteroatoms. The maximum absolute atomic E-state index is 12.7. The van der Waals surface area contributed by atoms with Gasteiger partial charge in [-0.3, -0.25) is 14.6 Å². The minimum Gasteiger partial charge on any atom is -0.473 e. The Labute approximate surface area is 149 Å². The SMILES string of the molecule is O=C(c1cc(=O)c2ccccc2o1)N1CCC(Oc2cnccn2)CC1. The van der Waals surface area contributed by atoms with Crippen LogP contribution in [0.15, 0.2) is 58.1 Å². The second kappa shape index (κ2) is 6.95. The minimum absolute atomic E-state index is 0.0145. The molecule has 7 nitrogen and oxygen atoms in total. The third kappa shape index (κ3) is 3.28. The van der Waals surface area contributed by atoms with E-state index in [1.54, 1.807) is 47.8 Å². The number of amides is 1. The summed E-state index contributed by atoms with van der Waals surface area (Å²) < 4.78 is 11.4. The van der Waals surface area contributed by atoms with E-state index in [1.165, 1.54) is 6.07 Å². The number of rotatable bonds is 3. The molecule has 26 heavy (non-hydrogen) atoms. The fourth-order valence-corrected chi connectivity index (χ4v) is 3.06. The van der Waals surface area contributed by atoms with Crippen molar-refractivity contribution in [3.8, 4) is 5.88 Å². The highest BCUT2D eigenvalue weighted by Crippen LogP contribution is 2.19. The first-order chi connectivity index (χ1) is 12.7. The monoisotopic (exact) mass is 351 g/mol. The number of benzene rings is 1. The summed E-state index contributed by atoms with van der Waals surface area (Å²) in [6.45, 7) is 1.06. The quantitative estimate of drug-likeness (QED) is 0.719. The Hall–Kier alpha value is -3.22. The van der Waals surface area contributed by atoms with Crippen molar-refractivity contribution in [1.82, 2.24) is 14.9 Å². The fraction of sp³-hybridized carbons (Fsp3) is 0.263. The van der Waals surface area contributed by atoms with Crippen LogP contribution in [0.4, 0.5) is 0 Å². The minimum atomic E-state index is -0.272. The average Bonchev–Trinajstić information content (AvgIpc) is 2.69. The number of fused-ring (bicyclic) bond motifs is 1. The average molecular weight is 351 g/mol. The Morgan fingerprint density at radius 3 is 2.77 bits per heavy atom. The van der Waals surface area contributed by atoms with Crippen molar-refractivity contribution in [1.29, 1.82) is 0 Å². The van der Waals surface area contributed by atoms with Crippen molar-refractivity contribution in [2.24, 2.45) is 0 Å². The first kappa shape index (κ1) is 16.3. The van der Waals surface area contributed by atoms with Crippen LogP contribution >= 0.6 is 0 Å². The van der Waals surface area contributed by atoms with Gasteiger partial charge in [0, 0.05) is 44.4 Å². The van der Waals surface area contributed by atoms with Crippen LogP contribution in [0, 0.1) is 0 Å². The molecule has 1 amide bonds. The summed E-state index contributed by atoms with van der Waals surface area (Å²) in [6, 6.07) is 8.18. The molecule has 3 aromatic rings. The predicted octanol–water partition coefficient (Wildman–Crippen LogP) is 2.27. The molecule has 2 aromatic heterocycles. The van der Waals surface area contributed by atoms with Gasteiger partial charge in [-0.05, 0) is 12.1 Å². The van der Waals surface area contributed by atoms with Crippen LogP contribution in [-0.2, 0) is 0 Å². The molecule has 0 radical (unpaired) electrons. The number of hydrogen-bond acceptors (Lipinski definition) is 6. The van der Waals surface area contributed by atoms with Gasteiger partial charge in [-0.15, -0.1) is 0 Å². The third-order valence-electron chi connectivity index (χ3n) is 4.40. The first-order valence-electron chi connectivity index (χ1n) is 8.45. The number of hydrogen-bond donors (Lipinski definition) is 0. The molecular weight excluding hydrogens is 334 g/mol. The van der Waals surface area contributed by atoms with E-state index >= 15 is 0 Å². The van der Waals surface area contributed by atoms with Crippen LogP contribution in [0.1, 0.15) is 23.4 Å². The molecule has 0 aliphatic carbocycles. The number of nitrogens with zero attached hydrogens (tertiary/aromatic N) is 3. The lowest BCUT2D eigenvalue weighted by Gasteiger charge is -2.31. The van der Waals surface area contributed by atoms with E-state index in [2.05, 4.69) is 9.97 Å². The van der Waals surface area contributed by atoms with Crippen LogP contribution in [0.2, 0.25) is 0 Å². The summed E-state index contributed by atoms with van der Waals surface area (Å²) in [7, 11) is 0. The summed E-state index contributed by atoms with van der Waals surface area (Å²) in [6.07, 6.45) is 6.09. The molecule has 1 aliphatic rings. The first-order valence-corrected chi connectivity index (χ1v) is 8.45. The normalized spacial score (nSPS) is 15.2. The zero-order valence-corrected chi connectivity index (χ0v) is 14.0. The van der Waals surface area contributed by atoms with Crippen LogP contribution in [0.5, 0.6) is 5.88 Å². The van der Waals surface area contributed by atoms with Gasteiger partial charge in [0.05, 0.1) is 11.6 Å². The lowest BCUT2D eigenvalue weighted by atomic mass is 10.1. The number of para-hydroxylation sites is 1. The Kier molecular flexibility index (Phi) is 4.35. The smallest absolute Gasteiger partial charge is 0.289 e. The van der Waals surface area contributed by atoms with Gasteiger partial charge < -0.3 is 14.1 Å². The summed E-state index contributed by atoms with van der Waals surface area (Å²) in [4.78, 5) is 34.6. The molecule has 1 fully saturated rings. The van der Waals surface area contributed by atoms with Crippen molar-refractivity contribution in [2.75, 3.05) is 13.1 Å². The summed E-state index contributed by atoms with van der Waals surface area (Å²) in [5.41, 5.74) is 0.209. The van der Waals surface area contributed by atoms with Gasteiger partial charge in [0.15, 0.2) is 11.2 Å². The van der Waals surface area contributed by atoms with Crippen molar-refractivity contribution >= 4 is 16.9 Å². The van der Waals surface area contributed by atoms with Gasteiger partial charge in [-0.25, -0.2) is 4.98 Å². The molecule has 1 aliphatic heterocycles. The lowest BCUT2D eigenvalue weighted by molar-refractivity contribution is 0.0559. The molecule has 0 saturated carbocycles. The number of aromatic nitrogens is 2. The molecular formula is C19H17N3O4. The Balaban J connectivity index is 1.44. The topological polar surface area (TPSA) is 85.5 Å². The van der Waals surface area contributed by atoms with E-state index in [4.69, 9.17) is 9.15 Å². The maximum atomic E-state index is 12.7. The van der Waals surface area contributed by atoms with E-state index in [-0.39, 0.29) is 23.2 Å². The van der Waals surface area contributed by atoms with Crippen LogP contribution in [0.25, 0.3) is 11.0 Å². The number of carbonyl (C=O) groups excluding carboxylic acids is 1. The Morgan fingerprint density at radius 2 is 2.00 bits per heavy atom. The summed E-state index contributed by atoms with van der Waals surface area (Å²) in [5, 5.41) is 0.472. The largest absolute Gasteiger partial charge is 0.473 e. The highest BCUT2D eigenvalue weighted by atomic mass is 16.5. The summed E-state index contributed by atoms with van der Waals surface area (Å²) in [5.74, 6) is 0.283. The molecule has 3 heterocycles. The van der Waals surface area contributed by atoms with Crippen LogP contribution < -0.4 is 10.2 Å². The maximum Gasteiger partial charge on any atom is 0.289 e. The second-order valence-electron chi connectivity index (χ2n) is 6.12. The molecule has 0 spiro atoms. The van der Waals surface area contributed by atoms with Crippen molar-refractivity contribution in [2.45, 2.75) is 18.9 Å². The second-order valence-corrected chi connectivity index (χ2v) is 6.12. The van der Waals surface area contributed by atoms with E-state index in [9.17, 15) is 9.59 Å². The Bertz CT molecular complexity index is 979. The van der Waals surface area contributed by atoms with E-state index in [1.807, 2.05) is 0 Å². The molecule has 4 rings (SSSR count). The predicted molar refractivity (Wildman–Crippen MR) is 94.1 cm³/mol. The van der Waals surface area contributed by atoms with Crippen molar-refractivity contribution < 1.29 is 13.9 Å². The molecule has 0 N–H and O–H groups in total. The molecule has 0 atom stereocenters. The molecule has 0 unspecified atom stereocenters. The zero-order chi connectivity index (χ0) is 17.9. The molecule has 0 bridgehead atoms. The van der Waals surface area contributed by atoms with E-state index in [0.717, 1.165) is 0 Å². The van der Waals surface area contributed by atoms with Gasteiger partial charge >= 0.3 is 0 Å². The molecule has 1 saturated heterocycles. The van der Waals surface area contributed by atoms with Crippen molar-refractivity contribution in [3.63, 3.8) is 0 Å². The van der Waals surface area contributed by atoms with Crippen LogP contribution in [0.3, 0.4) is 0 Å². The van der Waals surface area contributed by atoms with Crippen LogP contribution in [-0.4, -0.2) is 40.0 Å².